The van der Waals surface area contributed by atoms with Gasteiger partial charge in [0.25, 0.3) is 0 Å². The second-order valence-corrected chi connectivity index (χ2v) is 0. The first kappa shape index (κ1) is 31.3. The molecule has 0 heterocycles. The van der Waals surface area contributed by atoms with Crippen LogP contribution in [-0.4, -0.2) is 79.1 Å². The molecule has 0 N–H and O–H groups in total. The smallest absolute Gasteiger partial charge is 3.00 e. The molecule has 0 aliphatic carbocycles. The zero-order valence-corrected chi connectivity index (χ0v) is 10.3. The van der Waals surface area contributed by atoms with Crippen molar-refractivity contribution in [2.24, 2.45) is 0 Å². The molecule has 0 saturated carbocycles. The van der Waals surface area contributed by atoms with Gasteiger partial charge in [-0.1, -0.05) is 0 Å². The summed E-state index contributed by atoms with van der Waals surface area (Å²) in [4.78, 5) is 0. The molecule has 16 valence electrons. The van der Waals surface area contributed by atoms with Crippen LogP contribution >= 0.6 is 0 Å². The Bertz CT molecular complexity index is 6.00. The van der Waals surface area contributed by atoms with Gasteiger partial charge in [-0.15, -0.1) is 0 Å². The van der Waals surface area contributed by atoms with E-state index in [4.69, 9.17) is 0 Å². The summed E-state index contributed by atoms with van der Waals surface area (Å²) in [5, 5.41) is 0. The fourth-order valence-electron chi connectivity index (χ4n) is 0. The van der Waals surface area contributed by atoms with Gasteiger partial charge in [0, 0.05) is 0 Å². The van der Waals surface area contributed by atoms with Crippen molar-refractivity contribution in [1.82, 2.24) is 0 Å². The van der Waals surface area contributed by atoms with Crippen LogP contribution in [-0.2, 0) is 0 Å². The summed E-state index contributed by atoms with van der Waals surface area (Å²) in [5.41, 5.74) is 0. The zero-order chi connectivity index (χ0) is 0. The van der Waals surface area contributed by atoms with Crippen molar-refractivity contribution in [2.45, 2.75) is 0 Å². The molecule has 0 aliphatic rings. The minimum absolute atomic E-state index is 0. The van der Waals surface area contributed by atoms with E-state index in [1.165, 1.54) is 0 Å². The van der Waals surface area contributed by atoms with E-state index < -0.39 is 0 Å². The molecule has 0 amide bonds. The SMILES string of the molecule is [Al+3].[As-3].[As-3].[In+3]. The van der Waals surface area contributed by atoms with Gasteiger partial charge in [-0.2, -0.15) is 0 Å². The van der Waals surface area contributed by atoms with E-state index in [1.807, 2.05) is 0 Å². The van der Waals surface area contributed by atoms with Gasteiger partial charge in [-0.3, -0.25) is 0 Å². The van der Waals surface area contributed by atoms with Crippen molar-refractivity contribution in [1.29, 1.82) is 0 Å². The van der Waals surface area contributed by atoms with Crippen LogP contribution in [0, 0.1) is 0 Å². The van der Waals surface area contributed by atoms with Gasteiger partial charge in [-0.25, -0.2) is 0 Å². The normalized spacial score (nSPS) is 0. The first-order valence-electron chi connectivity index (χ1n) is 0. The molecular weight excluding hydrogens is 292 g/mol. The molecule has 0 aromatic heterocycles. The molecule has 0 aromatic rings. The van der Waals surface area contributed by atoms with E-state index in [-0.39, 0.29) is 79.1 Å². The topological polar surface area (TPSA) is 0 Å². The first-order chi connectivity index (χ1) is 0. The molecule has 0 radical (unpaired) electrons. The second-order valence-electron chi connectivity index (χ2n) is 0. The standard InChI is InChI=1S/Al.2As.In/q+3;2*-3;+3. The van der Waals surface area contributed by atoms with Crippen molar-refractivity contribution in [3.63, 3.8) is 0 Å². The summed E-state index contributed by atoms with van der Waals surface area (Å²) >= 11 is 0. The van der Waals surface area contributed by atoms with Gasteiger partial charge in [-0.05, 0) is 0 Å². The monoisotopic (exact) mass is 292 g/mol. The third-order valence-electron chi connectivity index (χ3n) is 0. The van der Waals surface area contributed by atoms with Crippen molar-refractivity contribution < 1.29 is 0 Å². The molecule has 4 heavy (non-hydrogen) atoms. The molecule has 0 saturated heterocycles. The van der Waals surface area contributed by atoms with Gasteiger partial charge in [0.2, 0.25) is 0 Å². The molecule has 0 spiro atoms. The minimum Gasteiger partial charge on any atom is -3.00 e. The Balaban J connectivity index is 0. The molecular formula is AlAs2In. The third kappa shape index (κ3) is 8.82. The molecule has 0 nitrogen and oxygen atoms in total. The van der Waals surface area contributed by atoms with Gasteiger partial charge < -0.3 is 35.9 Å². The average Bonchev–Trinajstić information content (AvgIpc) is 0. The molecule has 0 atom stereocenters. The molecule has 0 fully saturated rings. The van der Waals surface area contributed by atoms with E-state index in [0.29, 0.717) is 0 Å². The fourth-order valence-corrected chi connectivity index (χ4v) is 0. The van der Waals surface area contributed by atoms with Crippen molar-refractivity contribution >= 4 is 79.1 Å². The Labute approximate surface area is 78.0 Å². The maximum atomic E-state index is 0. The number of rotatable bonds is 0. The molecule has 4 heteroatoms. The summed E-state index contributed by atoms with van der Waals surface area (Å²) < 4.78 is 0. The van der Waals surface area contributed by atoms with Crippen LogP contribution < -0.4 is 0 Å². The van der Waals surface area contributed by atoms with Gasteiger partial charge in [0.1, 0.15) is 0 Å². The van der Waals surface area contributed by atoms with Crippen LogP contribution in [0.1, 0.15) is 0 Å². The molecule has 0 rings (SSSR count). The number of hydrogen-bond donors (Lipinski definition) is 0. The molecule has 0 aliphatic heterocycles. The van der Waals surface area contributed by atoms with E-state index in [9.17, 15) is 0 Å². The summed E-state index contributed by atoms with van der Waals surface area (Å²) in [6.45, 7) is 0. The fraction of sp³-hybridized carbons (Fsp3) is 0. The third-order valence-corrected chi connectivity index (χ3v) is 0. The maximum Gasteiger partial charge on any atom is 3.00 e. The number of hydrogen-bond acceptors (Lipinski definition) is 0. The van der Waals surface area contributed by atoms with Crippen molar-refractivity contribution in [3.05, 3.63) is 0 Å². The van der Waals surface area contributed by atoms with Crippen LogP contribution in [0.2, 0.25) is 0 Å². The van der Waals surface area contributed by atoms with Crippen LogP contribution in [0.15, 0.2) is 0 Å². The maximum absolute atomic E-state index is 0. The van der Waals surface area contributed by atoms with Gasteiger partial charge in [0.05, 0.1) is 0 Å². The Kier molecular flexibility index (Phi) is 139. The van der Waals surface area contributed by atoms with E-state index in [2.05, 4.69) is 0 Å². The average molecular weight is 292 g/mol. The van der Waals surface area contributed by atoms with Crippen LogP contribution in [0.5, 0.6) is 0 Å². The van der Waals surface area contributed by atoms with Crippen LogP contribution in [0.3, 0.4) is 0 Å². The molecule has 0 bridgehead atoms. The van der Waals surface area contributed by atoms with Gasteiger partial charge in [0.15, 0.2) is 0 Å². The first-order valence-corrected chi connectivity index (χ1v) is 0. The zero-order valence-electron chi connectivity index (χ0n) is 2.05. The second kappa shape index (κ2) is 17.8. The predicted octanol–water partition coefficient (Wildman–Crippen LogP) is -1.52. The summed E-state index contributed by atoms with van der Waals surface area (Å²) in [5.74, 6) is 0. The van der Waals surface area contributed by atoms with Crippen LogP contribution in [0.25, 0.3) is 0 Å². The Morgan fingerprint density at radius 1 is 0.750 bits per heavy atom. The van der Waals surface area contributed by atoms with E-state index >= 15 is 0 Å². The Morgan fingerprint density at radius 2 is 0.750 bits per heavy atom. The largest absolute Gasteiger partial charge is 3.00 e. The minimum atomic E-state index is 0. The predicted molar refractivity (Wildman–Crippen MR) is 23.0 cm³/mol. The van der Waals surface area contributed by atoms with Crippen molar-refractivity contribution in [3.8, 4) is 0 Å². The Morgan fingerprint density at radius 3 is 0.750 bits per heavy atom. The van der Waals surface area contributed by atoms with Gasteiger partial charge >= 0.3 is 43.2 Å². The van der Waals surface area contributed by atoms with Crippen molar-refractivity contribution in [2.75, 3.05) is 0 Å². The summed E-state index contributed by atoms with van der Waals surface area (Å²) in [7, 11) is 0. The summed E-state index contributed by atoms with van der Waals surface area (Å²) in [6.07, 6.45) is 0. The summed E-state index contributed by atoms with van der Waals surface area (Å²) in [6, 6.07) is 0. The molecule has 0 unspecified atom stereocenters. The van der Waals surface area contributed by atoms with E-state index in [1.54, 1.807) is 0 Å². The molecule has 0 aromatic carbocycles. The van der Waals surface area contributed by atoms with Crippen LogP contribution in [0.4, 0.5) is 0 Å². The van der Waals surface area contributed by atoms with E-state index in [0.717, 1.165) is 0 Å². The quantitative estimate of drug-likeness (QED) is 0.476. The Hall–Kier alpha value is 2.52.